The van der Waals surface area contributed by atoms with Crippen molar-refractivity contribution in [3.05, 3.63) is 23.9 Å². The molecule has 0 radical (unpaired) electrons. The molecule has 0 aliphatic carbocycles. The molecule has 28 heavy (non-hydrogen) atoms. The van der Waals surface area contributed by atoms with Gasteiger partial charge in [-0.25, -0.2) is 4.79 Å². The summed E-state index contributed by atoms with van der Waals surface area (Å²) in [6.45, 7) is 7.33. The number of hydrogen-bond donors (Lipinski definition) is 3. The first-order valence-corrected chi connectivity index (χ1v) is 10.0. The number of H-pyrrole nitrogens is 1. The molecule has 1 fully saturated rings. The molecule has 1 unspecified atom stereocenters. The van der Waals surface area contributed by atoms with E-state index in [0.717, 1.165) is 30.5 Å². The standard InChI is InChI=1S/C21H29N3O4/c1-4-28-21(26)20-19(16-12-15(27-3)7-8-17(16)22-20)23-18(25)9-11-24-10-5-6-14(2)13-24/h7-8,12,14,22H,4-6,9-11,13H2,1-3H3,(H,23,25)/p+1/t14-/m1/s1. The molecule has 1 aliphatic heterocycles. The SMILES string of the molecule is CCOC(=O)c1[nH]c2ccc(OC)cc2c1NC(=O)CC[NH+]1CCC[C@@H](C)C1. The van der Waals surface area contributed by atoms with Crippen molar-refractivity contribution >= 4 is 28.5 Å². The Kier molecular flexibility index (Phi) is 6.57. The molecule has 0 bridgehead atoms. The number of nitrogens with one attached hydrogen (secondary N) is 3. The zero-order chi connectivity index (χ0) is 20.1. The highest BCUT2D eigenvalue weighted by atomic mass is 16.5. The highest BCUT2D eigenvalue weighted by Crippen LogP contribution is 2.31. The van der Waals surface area contributed by atoms with E-state index in [1.165, 1.54) is 17.7 Å². The number of likely N-dealkylation sites (tertiary alicyclic amines) is 1. The van der Waals surface area contributed by atoms with Gasteiger partial charge in [-0.2, -0.15) is 0 Å². The molecule has 0 spiro atoms. The number of fused-ring (bicyclic) bond motifs is 1. The van der Waals surface area contributed by atoms with Gasteiger partial charge in [-0.05, 0) is 38.0 Å². The number of carbonyl (C=O) groups is 2. The molecule has 1 saturated heterocycles. The normalized spacial score (nSPS) is 19.4. The van der Waals surface area contributed by atoms with Crippen molar-refractivity contribution in [1.29, 1.82) is 0 Å². The smallest absolute Gasteiger partial charge is 0.356 e. The fourth-order valence-electron chi connectivity index (χ4n) is 3.90. The molecule has 1 aromatic heterocycles. The van der Waals surface area contributed by atoms with Gasteiger partial charge in [0.15, 0.2) is 0 Å². The number of benzene rings is 1. The number of piperidine rings is 1. The van der Waals surface area contributed by atoms with E-state index >= 15 is 0 Å². The third kappa shape index (κ3) is 4.65. The average molecular weight is 388 g/mol. The van der Waals surface area contributed by atoms with Gasteiger partial charge in [-0.15, -0.1) is 0 Å². The van der Waals surface area contributed by atoms with E-state index in [4.69, 9.17) is 9.47 Å². The summed E-state index contributed by atoms with van der Waals surface area (Å²) >= 11 is 0. The van der Waals surface area contributed by atoms with Crippen LogP contribution in [0, 0.1) is 5.92 Å². The van der Waals surface area contributed by atoms with Gasteiger partial charge in [-0.3, -0.25) is 4.79 Å². The van der Waals surface area contributed by atoms with Gasteiger partial charge in [0.1, 0.15) is 11.4 Å². The van der Waals surface area contributed by atoms with Crippen LogP contribution in [0.25, 0.3) is 10.9 Å². The number of hydrogen-bond acceptors (Lipinski definition) is 4. The van der Waals surface area contributed by atoms with Crippen molar-refractivity contribution in [1.82, 2.24) is 4.98 Å². The van der Waals surface area contributed by atoms with E-state index < -0.39 is 5.97 Å². The van der Waals surface area contributed by atoms with Crippen LogP contribution in [-0.2, 0) is 9.53 Å². The minimum absolute atomic E-state index is 0.0972. The van der Waals surface area contributed by atoms with Crippen LogP contribution in [0.5, 0.6) is 5.75 Å². The Bertz CT molecular complexity index is 846. The number of aromatic amines is 1. The summed E-state index contributed by atoms with van der Waals surface area (Å²) in [7, 11) is 1.58. The first kappa shape index (κ1) is 20.2. The summed E-state index contributed by atoms with van der Waals surface area (Å²) in [6.07, 6.45) is 2.91. The Morgan fingerprint density at radius 3 is 2.89 bits per heavy atom. The Balaban J connectivity index is 1.78. The van der Waals surface area contributed by atoms with Crippen LogP contribution in [0.1, 0.15) is 43.6 Å². The first-order chi connectivity index (χ1) is 13.5. The first-order valence-electron chi connectivity index (χ1n) is 10.0. The van der Waals surface area contributed by atoms with Gasteiger partial charge in [0.2, 0.25) is 5.91 Å². The highest BCUT2D eigenvalue weighted by molar-refractivity contribution is 6.11. The van der Waals surface area contributed by atoms with Gasteiger partial charge in [0, 0.05) is 16.8 Å². The quantitative estimate of drug-likeness (QED) is 0.634. The minimum Gasteiger partial charge on any atom is -0.497 e. The molecule has 2 atom stereocenters. The maximum absolute atomic E-state index is 12.6. The summed E-state index contributed by atoms with van der Waals surface area (Å²) in [6, 6.07) is 5.44. The number of quaternary nitrogens is 1. The van der Waals surface area contributed by atoms with Crippen LogP contribution >= 0.6 is 0 Å². The van der Waals surface area contributed by atoms with Crippen molar-refractivity contribution in [3.63, 3.8) is 0 Å². The summed E-state index contributed by atoms with van der Waals surface area (Å²) < 4.78 is 10.4. The number of carbonyl (C=O) groups excluding carboxylic acids is 2. The lowest BCUT2D eigenvalue weighted by Gasteiger charge is -2.27. The number of rotatable bonds is 7. The van der Waals surface area contributed by atoms with Gasteiger partial charge in [-0.1, -0.05) is 6.92 Å². The van der Waals surface area contributed by atoms with Crippen molar-refractivity contribution in [3.8, 4) is 5.75 Å². The molecule has 152 valence electrons. The lowest BCUT2D eigenvalue weighted by atomic mass is 10.0. The number of ether oxygens (including phenoxy) is 2. The highest BCUT2D eigenvalue weighted by Gasteiger charge is 2.23. The number of anilines is 1. The van der Waals surface area contributed by atoms with Crippen molar-refractivity contribution < 1.29 is 24.0 Å². The van der Waals surface area contributed by atoms with E-state index in [1.807, 2.05) is 12.1 Å². The summed E-state index contributed by atoms with van der Waals surface area (Å²) in [5.41, 5.74) is 1.46. The fourth-order valence-corrected chi connectivity index (χ4v) is 3.90. The fraction of sp³-hybridized carbons (Fsp3) is 0.524. The molecule has 1 amide bonds. The van der Waals surface area contributed by atoms with E-state index in [1.54, 1.807) is 20.1 Å². The molecule has 2 aromatic rings. The van der Waals surface area contributed by atoms with Gasteiger partial charge in [0.05, 0.1) is 45.5 Å². The Hall–Kier alpha value is -2.54. The van der Waals surface area contributed by atoms with Gasteiger partial charge >= 0.3 is 5.97 Å². The van der Waals surface area contributed by atoms with E-state index in [2.05, 4.69) is 17.2 Å². The van der Waals surface area contributed by atoms with Crippen LogP contribution in [-0.4, -0.2) is 50.2 Å². The second-order valence-corrected chi connectivity index (χ2v) is 7.51. The van der Waals surface area contributed by atoms with E-state index in [-0.39, 0.29) is 18.2 Å². The molecule has 7 nitrogen and oxygen atoms in total. The van der Waals surface area contributed by atoms with Crippen molar-refractivity contribution in [2.24, 2.45) is 5.92 Å². The Labute approximate surface area is 165 Å². The largest absolute Gasteiger partial charge is 0.497 e. The molecular formula is C21H30N3O4+. The van der Waals surface area contributed by atoms with E-state index in [9.17, 15) is 9.59 Å². The van der Waals surface area contributed by atoms with Gasteiger partial charge < -0.3 is 24.7 Å². The van der Waals surface area contributed by atoms with Crippen LogP contribution in [0.3, 0.4) is 0 Å². The molecule has 0 saturated carbocycles. The maximum atomic E-state index is 12.6. The summed E-state index contributed by atoms with van der Waals surface area (Å²) in [5, 5.41) is 3.67. The topological polar surface area (TPSA) is 84.9 Å². The van der Waals surface area contributed by atoms with E-state index in [0.29, 0.717) is 23.8 Å². The number of aromatic nitrogens is 1. The monoisotopic (exact) mass is 388 g/mol. The molecular weight excluding hydrogens is 358 g/mol. The third-order valence-electron chi connectivity index (χ3n) is 5.32. The second kappa shape index (κ2) is 9.10. The Morgan fingerprint density at radius 2 is 2.18 bits per heavy atom. The predicted octanol–water partition coefficient (Wildman–Crippen LogP) is 2.00. The molecule has 2 heterocycles. The molecule has 3 N–H and O–H groups in total. The molecule has 7 heteroatoms. The Morgan fingerprint density at radius 1 is 1.36 bits per heavy atom. The zero-order valence-corrected chi connectivity index (χ0v) is 16.9. The average Bonchev–Trinajstić information content (AvgIpc) is 3.04. The lowest BCUT2D eigenvalue weighted by Crippen LogP contribution is -3.13. The summed E-state index contributed by atoms with van der Waals surface area (Å²) in [5.74, 6) is 0.788. The van der Waals surface area contributed by atoms with Crippen LogP contribution in [0.2, 0.25) is 0 Å². The third-order valence-corrected chi connectivity index (χ3v) is 5.32. The van der Waals surface area contributed by atoms with Crippen LogP contribution < -0.4 is 15.0 Å². The molecule has 1 aromatic carbocycles. The van der Waals surface area contributed by atoms with Crippen molar-refractivity contribution in [2.75, 3.05) is 38.7 Å². The molecule has 3 rings (SSSR count). The van der Waals surface area contributed by atoms with Crippen LogP contribution in [0.15, 0.2) is 18.2 Å². The zero-order valence-electron chi connectivity index (χ0n) is 16.9. The summed E-state index contributed by atoms with van der Waals surface area (Å²) in [4.78, 5) is 29.6. The maximum Gasteiger partial charge on any atom is 0.356 e. The molecule has 1 aliphatic rings. The van der Waals surface area contributed by atoms with Crippen molar-refractivity contribution in [2.45, 2.75) is 33.1 Å². The predicted molar refractivity (Wildman–Crippen MR) is 108 cm³/mol. The lowest BCUT2D eigenvalue weighted by molar-refractivity contribution is -0.907. The number of amides is 1. The minimum atomic E-state index is -0.483. The van der Waals surface area contributed by atoms with Gasteiger partial charge in [0.25, 0.3) is 0 Å². The van der Waals surface area contributed by atoms with Crippen LogP contribution in [0.4, 0.5) is 5.69 Å². The number of methoxy groups -OCH3 is 1. The second-order valence-electron chi connectivity index (χ2n) is 7.51. The number of esters is 1.